The van der Waals surface area contributed by atoms with E-state index in [0.29, 0.717) is 0 Å². The Balaban J connectivity index is 3.24. The van der Waals surface area contributed by atoms with E-state index in [1.807, 2.05) is 0 Å². The minimum absolute atomic E-state index is 0.0145. The highest BCUT2D eigenvalue weighted by Gasteiger charge is 2.48. The molecule has 0 aromatic heterocycles. The monoisotopic (exact) mass is 356 g/mol. The van der Waals surface area contributed by atoms with Crippen LogP contribution in [0.3, 0.4) is 0 Å². The molecule has 0 heterocycles. The van der Waals surface area contributed by atoms with Gasteiger partial charge in [0.15, 0.2) is 14.9 Å². The second-order valence-electron chi connectivity index (χ2n) is 3.37. The number of sulfone groups is 2. The summed E-state index contributed by atoms with van der Waals surface area (Å²) in [6.07, 6.45) is 0. The first-order valence-electron chi connectivity index (χ1n) is 4.34. The Hall–Kier alpha value is -0.510. The summed E-state index contributed by atoms with van der Waals surface area (Å²) >= 11 is 11.0. The summed E-state index contributed by atoms with van der Waals surface area (Å²) in [5.74, 6) is 0. The minimum atomic E-state index is -5.79. The molecule has 0 amide bonds. The SMILES string of the molecule is O=S(=O)(CS(=O)(=O)C(F)(F)F)c1ccc(Cl)c(Cl)c1. The zero-order valence-electron chi connectivity index (χ0n) is 8.78. The van der Waals surface area contributed by atoms with E-state index >= 15 is 0 Å². The Morgan fingerprint density at radius 3 is 1.95 bits per heavy atom. The van der Waals surface area contributed by atoms with Crippen LogP contribution in [0.25, 0.3) is 0 Å². The van der Waals surface area contributed by atoms with Gasteiger partial charge in [0.1, 0.15) is 0 Å². The van der Waals surface area contributed by atoms with Gasteiger partial charge in [-0.25, -0.2) is 16.8 Å². The van der Waals surface area contributed by atoms with Crippen molar-refractivity contribution in [1.29, 1.82) is 0 Å². The molecule has 1 rings (SSSR count). The van der Waals surface area contributed by atoms with E-state index in [1.165, 1.54) is 0 Å². The number of hydrogen-bond donors (Lipinski definition) is 0. The second kappa shape index (κ2) is 5.12. The molecule has 0 spiro atoms. The second-order valence-corrected chi connectivity index (χ2v) is 8.52. The fourth-order valence-electron chi connectivity index (χ4n) is 1.01. The summed E-state index contributed by atoms with van der Waals surface area (Å²) in [7, 11) is -10.5. The van der Waals surface area contributed by atoms with Gasteiger partial charge in [-0.1, -0.05) is 23.2 Å². The van der Waals surface area contributed by atoms with Crippen LogP contribution >= 0.6 is 23.2 Å². The van der Waals surface area contributed by atoms with Gasteiger partial charge in [-0.2, -0.15) is 13.2 Å². The molecule has 0 aliphatic heterocycles. The van der Waals surface area contributed by atoms with Crippen LogP contribution < -0.4 is 0 Å². The molecule has 0 bridgehead atoms. The highest BCUT2D eigenvalue weighted by molar-refractivity contribution is 8.08. The average Bonchev–Trinajstić information content (AvgIpc) is 2.18. The normalized spacial score (nSPS) is 13.5. The zero-order chi connectivity index (χ0) is 15.1. The van der Waals surface area contributed by atoms with Crippen LogP contribution in [-0.4, -0.2) is 27.4 Å². The first-order chi connectivity index (χ1) is 8.37. The van der Waals surface area contributed by atoms with Gasteiger partial charge in [0, 0.05) is 0 Å². The molecular formula is C8H5Cl2F3O4S2. The molecule has 0 saturated carbocycles. The van der Waals surface area contributed by atoms with Crippen molar-refractivity contribution < 1.29 is 30.0 Å². The molecule has 19 heavy (non-hydrogen) atoms. The third-order valence-electron chi connectivity index (χ3n) is 1.91. The summed E-state index contributed by atoms with van der Waals surface area (Å²) in [4.78, 5) is -0.658. The maximum absolute atomic E-state index is 12.1. The van der Waals surface area contributed by atoms with Crippen LogP contribution in [0, 0.1) is 0 Å². The molecule has 0 saturated heterocycles. The van der Waals surface area contributed by atoms with Gasteiger partial charge in [0.05, 0.1) is 14.9 Å². The van der Waals surface area contributed by atoms with Crippen molar-refractivity contribution in [3.8, 4) is 0 Å². The van der Waals surface area contributed by atoms with Gasteiger partial charge in [-0.3, -0.25) is 0 Å². The summed E-state index contributed by atoms with van der Waals surface area (Å²) in [5.41, 5.74) is -5.64. The van der Waals surface area contributed by atoms with Crippen LogP contribution in [0.2, 0.25) is 10.0 Å². The molecule has 1 aromatic carbocycles. The highest BCUT2D eigenvalue weighted by Crippen LogP contribution is 2.29. The topological polar surface area (TPSA) is 68.3 Å². The highest BCUT2D eigenvalue weighted by atomic mass is 35.5. The van der Waals surface area contributed by atoms with Gasteiger partial charge in [0.2, 0.25) is 0 Å². The van der Waals surface area contributed by atoms with Crippen LogP contribution in [-0.2, 0) is 19.7 Å². The van der Waals surface area contributed by atoms with Crippen LogP contribution in [0.4, 0.5) is 13.2 Å². The molecule has 108 valence electrons. The summed E-state index contributed by atoms with van der Waals surface area (Å²) in [6.45, 7) is 0. The molecule has 0 unspecified atom stereocenters. The molecule has 0 aliphatic rings. The molecule has 0 atom stereocenters. The van der Waals surface area contributed by atoms with Crippen molar-refractivity contribution in [2.75, 3.05) is 5.08 Å². The molecule has 0 fully saturated rings. The lowest BCUT2D eigenvalue weighted by atomic mass is 10.4. The molecule has 0 aliphatic carbocycles. The lowest BCUT2D eigenvalue weighted by Crippen LogP contribution is -2.30. The maximum Gasteiger partial charge on any atom is 0.498 e. The Morgan fingerprint density at radius 1 is 1.00 bits per heavy atom. The minimum Gasteiger partial charge on any atom is -0.223 e. The maximum atomic E-state index is 12.1. The number of alkyl halides is 3. The molecule has 11 heteroatoms. The van der Waals surface area contributed by atoms with Crippen LogP contribution in [0.15, 0.2) is 23.1 Å². The predicted molar refractivity (Wildman–Crippen MR) is 63.5 cm³/mol. The van der Waals surface area contributed by atoms with Gasteiger partial charge < -0.3 is 0 Å². The lowest BCUT2D eigenvalue weighted by Gasteiger charge is -2.09. The molecule has 0 radical (unpaired) electrons. The van der Waals surface area contributed by atoms with Crippen molar-refractivity contribution in [1.82, 2.24) is 0 Å². The Bertz CT molecular complexity index is 695. The van der Waals surface area contributed by atoms with Gasteiger partial charge in [-0.15, -0.1) is 0 Å². The molecule has 4 nitrogen and oxygen atoms in total. The largest absolute Gasteiger partial charge is 0.498 e. The lowest BCUT2D eigenvalue weighted by molar-refractivity contribution is -0.0431. The van der Waals surface area contributed by atoms with Crippen molar-refractivity contribution in [3.05, 3.63) is 28.2 Å². The fourth-order valence-corrected chi connectivity index (χ4v) is 4.66. The molecule has 0 N–H and O–H groups in total. The standard InChI is InChI=1S/C8H5Cl2F3O4S2/c9-6-2-1-5(3-7(6)10)18(14,15)4-19(16,17)8(11,12)13/h1-3H,4H2. The van der Waals surface area contributed by atoms with Crippen molar-refractivity contribution in [2.24, 2.45) is 0 Å². The van der Waals surface area contributed by atoms with Crippen molar-refractivity contribution in [3.63, 3.8) is 0 Å². The van der Waals surface area contributed by atoms with Crippen molar-refractivity contribution in [2.45, 2.75) is 10.4 Å². The van der Waals surface area contributed by atoms with Gasteiger partial charge in [0.25, 0.3) is 9.84 Å². The van der Waals surface area contributed by atoms with E-state index in [4.69, 9.17) is 23.2 Å². The Labute approximate surface area is 117 Å². The van der Waals surface area contributed by atoms with Gasteiger partial charge in [-0.05, 0) is 18.2 Å². The van der Waals surface area contributed by atoms with Gasteiger partial charge >= 0.3 is 5.51 Å². The first-order valence-corrected chi connectivity index (χ1v) is 8.40. The fraction of sp³-hybridized carbons (Fsp3) is 0.250. The number of benzene rings is 1. The third-order valence-corrected chi connectivity index (χ3v) is 6.81. The number of halogens is 5. The number of hydrogen-bond acceptors (Lipinski definition) is 4. The Morgan fingerprint density at radius 2 is 1.53 bits per heavy atom. The quantitative estimate of drug-likeness (QED) is 0.834. The van der Waals surface area contributed by atoms with E-state index in [1.54, 1.807) is 0 Å². The smallest absolute Gasteiger partial charge is 0.223 e. The van der Waals surface area contributed by atoms with E-state index in [-0.39, 0.29) is 10.0 Å². The van der Waals surface area contributed by atoms with E-state index in [0.717, 1.165) is 18.2 Å². The Kier molecular flexibility index (Phi) is 4.45. The summed E-state index contributed by atoms with van der Waals surface area (Å²) < 4.78 is 81.2. The summed E-state index contributed by atoms with van der Waals surface area (Å²) in [5, 5.41) is -2.31. The van der Waals surface area contributed by atoms with E-state index < -0.39 is 35.2 Å². The van der Waals surface area contributed by atoms with Crippen LogP contribution in [0.5, 0.6) is 0 Å². The van der Waals surface area contributed by atoms with E-state index in [9.17, 15) is 30.0 Å². The first kappa shape index (κ1) is 16.5. The third kappa shape index (κ3) is 3.74. The van der Waals surface area contributed by atoms with E-state index in [2.05, 4.69) is 0 Å². The number of rotatable bonds is 3. The summed E-state index contributed by atoms with van der Waals surface area (Å²) in [6, 6.07) is 2.69. The average molecular weight is 357 g/mol. The molecular weight excluding hydrogens is 352 g/mol. The van der Waals surface area contributed by atoms with Crippen LogP contribution in [0.1, 0.15) is 0 Å². The zero-order valence-corrected chi connectivity index (χ0v) is 11.9. The van der Waals surface area contributed by atoms with Crippen molar-refractivity contribution >= 4 is 42.9 Å². The molecule has 1 aromatic rings. The predicted octanol–water partition coefficient (Wildman–Crippen LogP) is 2.66.